The summed E-state index contributed by atoms with van der Waals surface area (Å²) in [5, 5.41) is 8.28. The number of aliphatic carboxylic acids is 1. The van der Waals surface area contributed by atoms with Crippen LogP contribution in [0.15, 0.2) is 12.2 Å². The molecule has 7 heteroatoms. The summed E-state index contributed by atoms with van der Waals surface area (Å²) in [6.45, 7) is 0.0734. The highest BCUT2D eigenvalue weighted by Crippen LogP contribution is 2.06. The van der Waals surface area contributed by atoms with Crippen LogP contribution in [0.25, 0.3) is 0 Å². The third kappa shape index (κ3) is 3.53. The van der Waals surface area contributed by atoms with E-state index < -0.39 is 22.3 Å². The quantitative estimate of drug-likeness (QED) is 0.581. The second kappa shape index (κ2) is 3.86. The van der Waals surface area contributed by atoms with E-state index in [9.17, 15) is 13.2 Å². The lowest BCUT2D eigenvalue weighted by molar-refractivity contribution is -0.131. The first-order valence-corrected chi connectivity index (χ1v) is 4.98. The summed E-state index contributed by atoms with van der Waals surface area (Å²) in [6.07, 6.45) is 2.62. The van der Waals surface area contributed by atoms with Crippen LogP contribution in [0.4, 0.5) is 0 Å². The zero-order chi connectivity index (χ0) is 9.90. The van der Waals surface area contributed by atoms with Gasteiger partial charge in [0.05, 0.1) is 6.61 Å². The lowest BCUT2D eigenvalue weighted by Crippen LogP contribution is -2.40. The Kier molecular flexibility index (Phi) is 3.02. The fraction of sp³-hybridized carbons (Fsp3) is 0.500. The zero-order valence-corrected chi connectivity index (χ0v) is 7.45. The summed E-state index contributed by atoms with van der Waals surface area (Å²) < 4.78 is 28.1. The van der Waals surface area contributed by atoms with E-state index in [-0.39, 0.29) is 6.61 Å². The number of hydrogen-bond acceptors (Lipinski definition) is 4. The summed E-state index contributed by atoms with van der Waals surface area (Å²) in [7, 11) is -3.67. The van der Waals surface area contributed by atoms with Crippen molar-refractivity contribution in [2.75, 3.05) is 6.61 Å². The van der Waals surface area contributed by atoms with E-state index in [0.717, 1.165) is 6.08 Å². The van der Waals surface area contributed by atoms with Crippen LogP contribution < -0.4 is 4.72 Å². The summed E-state index contributed by atoms with van der Waals surface area (Å²) in [4.78, 5) is 10.1. The van der Waals surface area contributed by atoms with E-state index in [1.54, 1.807) is 0 Å². The fourth-order valence-corrected chi connectivity index (χ4v) is 1.85. The molecule has 1 rings (SSSR count). The molecule has 1 fully saturated rings. The second-order valence-electron chi connectivity index (χ2n) is 2.49. The van der Waals surface area contributed by atoms with Crippen molar-refractivity contribution in [3.63, 3.8) is 0 Å². The normalized spacial score (nSPS) is 27.5. The predicted octanol–water partition coefficient (Wildman–Crippen LogP) is -0.750. The number of nitrogens with one attached hydrogen (secondary N) is 1. The molecular weight excluding hydrogens is 198 g/mol. The number of hydrogen-bond donors (Lipinski definition) is 2. The minimum Gasteiger partial charge on any atom is -0.478 e. The van der Waals surface area contributed by atoms with E-state index in [0.29, 0.717) is 6.42 Å². The highest BCUT2D eigenvalue weighted by Gasteiger charge is 2.22. The van der Waals surface area contributed by atoms with Gasteiger partial charge in [0.2, 0.25) is 0 Å². The minimum absolute atomic E-state index is 0.0734. The molecule has 1 saturated heterocycles. The molecular formula is C6H9NO5S. The van der Waals surface area contributed by atoms with E-state index >= 15 is 0 Å². The van der Waals surface area contributed by atoms with Gasteiger partial charge < -0.3 is 5.11 Å². The van der Waals surface area contributed by atoms with Gasteiger partial charge in [0, 0.05) is 12.1 Å². The first-order chi connectivity index (χ1) is 5.99. The molecule has 74 valence electrons. The van der Waals surface area contributed by atoms with Crippen molar-refractivity contribution in [3.05, 3.63) is 12.2 Å². The SMILES string of the molecule is O=C(O)/C=C/C1CCOS(=O)(=O)N1. The lowest BCUT2D eigenvalue weighted by atomic mass is 10.2. The van der Waals surface area contributed by atoms with Crippen LogP contribution in [0.1, 0.15) is 6.42 Å². The summed E-state index contributed by atoms with van der Waals surface area (Å²) in [5.41, 5.74) is 0. The topological polar surface area (TPSA) is 92.7 Å². The van der Waals surface area contributed by atoms with Crippen molar-refractivity contribution in [3.8, 4) is 0 Å². The Bertz CT molecular complexity index is 320. The van der Waals surface area contributed by atoms with Crippen LogP contribution in [0.2, 0.25) is 0 Å². The monoisotopic (exact) mass is 207 g/mol. The summed E-state index contributed by atoms with van der Waals surface area (Å²) >= 11 is 0. The minimum atomic E-state index is -3.67. The average molecular weight is 207 g/mol. The van der Waals surface area contributed by atoms with Gasteiger partial charge in [0.1, 0.15) is 0 Å². The van der Waals surface area contributed by atoms with Gasteiger partial charge >= 0.3 is 16.3 Å². The Morgan fingerprint density at radius 3 is 2.85 bits per heavy atom. The predicted molar refractivity (Wildman–Crippen MR) is 43.2 cm³/mol. The smallest absolute Gasteiger partial charge is 0.336 e. The van der Waals surface area contributed by atoms with Crippen molar-refractivity contribution in [2.45, 2.75) is 12.5 Å². The Morgan fingerprint density at radius 1 is 1.62 bits per heavy atom. The molecule has 0 bridgehead atoms. The molecule has 1 atom stereocenters. The van der Waals surface area contributed by atoms with Gasteiger partial charge in [-0.15, -0.1) is 0 Å². The van der Waals surface area contributed by atoms with Crippen LogP contribution >= 0.6 is 0 Å². The molecule has 1 heterocycles. The van der Waals surface area contributed by atoms with Crippen LogP contribution in [0.5, 0.6) is 0 Å². The molecule has 0 aromatic rings. The van der Waals surface area contributed by atoms with Crippen molar-refractivity contribution in [2.24, 2.45) is 0 Å². The molecule has 1 unspecified atom stereocenters. The van der Waals surface area contributed by atoms with Gasteiger partial charge in [-0.25, -0.2) is 4.79 Å². The van der Waals surface area contributed by atoms with Crippen LogP contribution in [0.3, 0.4) is 0 Å². The van der Waals surface area contributed by atoms with Gasteiger partial charge in [0.25, 0.3) is 0 Å². The van der Waals surface area contributed by atoms with Gasteiger partial charge in [-0.05, 0) is 6.42 Å². The highest BCUT2D eigenvalue weighted by atomic mass is 32.2. The molecule has 1 aliphatic heterocycles. The van der Waals surface area contributed by atoms with Crippen molar-refractivity contribution < 1.29 is 22.5 Å². The van der Waals surface area contributed by atoms with E-state index in [2.05, 4.69) is 8.91 Å². The first-order valence-electron chi connectivity index (χ1n) is 3.57. The molecule has 0 amide bonds. The van der Waals surface area contributed by atoms with E-state index in [1.807, 2.05) is 0 Å². The molecule has 0 saturated carbocycles. The number of carbonyl (C=O) groups is 1. The maximum absolute atomic E-state index is 10.8. The largest absolute Gasteiger partial charge is 0.478 e. The lowest BCUT2D eigenvalue weighted by Gasteiger charge is -2.19. The van der Waals surface area contributed by atoms with Crippen LogP contribution in [-0.2, 0) is 19.3 Å². The van der Waals surface area contributed by atoms with E-state index in [1.165, 1.54) is 6.08 Å². The standard InChI is InChI=1S/C6H9NO5S/c8-6(9)2-1-5-3-4-12-13(10,11)7-5/h1-2,5,7H,3-4H2,(H,8,9)/b2-1+. The Labute approximate surface area is 75.5 Å². The van der Waals surface area contributed by atoms with Crippen molar-refractivity contribution in [1.29, 1.82) is 0 Å². The summed E-state index contributed by atoms with van der Waals surface area (Å²) in [5.74, 6) is -1.11. The van der Waals surface area contributed by atoms with Gasteiger partial charge in [0.15, 0.2) is 0 Å². The molecule has 0 radical (unpaired) electrons. The van der Waals surface area contributed by atoms with Gasteiger partial charge in [-0.1, -0.05) is 6.08 Å². The third-order valence-corrected chi connectivity index (χ3v) is 2.50. The maximum atomic E-state index is 10.8. The first kappa shape index (κ1) is 10.2. The molecule has 6 nitrogen and oxygen atoms in total. The summed E-state index contributed by atoms with van der Waals surface area (Å²) in [6, 6.07) is -0.491. The van der Waals surface area contributed by atoms with Crippen molar-refractivity contribution in [1.82, 2.24) is 4.72 Å². The molecule has 2 N–H and O–H groups in total. The fourth-order valence-electron chi connectivity index (χ4n) is 0.897. The number of rotatable bonds is 2. The average Bonchev–Trinajstić information content (AvgIpc) is 1.99. The molecule has 0 aliphatic carbocycles. The van der Waals surface area contributed by atoms with Crippen molar-refractivity contribution >= 4 is 16.3 Å². The number of carboxylic acids is 1. The highest BCUT2D eigenvalue weighted by molar-refractivity contribution is 7.84. The molecule has 0 spiro atoms. The molecule has 0 aromatic heterocycles. The Balaban J connectivity index is 2.58. The Hall–Kier alpha value is -0.920. The Morgan fingerprint density at radius 2 is 2.31 bits per heavy atom. The molecule has 13 heavy (non-hydrogen) atoms. The van der Waals surface area contributed by atoms with Crippen LogP contribution in [-0.4, -0.2) is 32.1 Å². The molecule has 0 aromatic carbocycles. The maximum Gasteiger partial charge on any atom is 0.336 e. The second-order valence-corrected chi connectivity index (χ2v) is 3.87. The van der Waals surface area contributed by atoms with Gasteiger partial charge in [-0.2, -0.15) is 13.1 Å². The third-order valence-electron chi connectivity index (χ3n) is 1.43. The van der Waals surface area contributed by atoms with E-state index in [4.69, 9.17) is 5.11 Å². The zero-order valence-electron chi connectivity index (χ0n) is 6.63. The molecule has 1 aliphatic rings. The van der Waals surface area contributed by atoms with Gasteiger partial charge in [-0.3, -0.25) is 4.18 Å². The van der Waals surface area contributed by atoms with Crippen LogP contribution in [0, 0.1) is 0 Å². The number of carboxylic acid groups (broad SMARTS) is 1.